The van der Waals surface area contributed by atoms with Crippen LogP contribution in [0.2, 0.25) is 5.02 Å². The fraction of sp³-hybridized carbons (Fsp3) is 0.0909. The van der Waals surface area contributed by atoms with Crippen molar-refractivity contribution >= 4 is 29.4 Å². The molecule has 0 heterocycles. The van der Waals surface area contributed by atoms with Crippen molar-refractivity contribution in [3.05, 3.63) is 94.5 Å². The smallest absolute Gasteiger partial charge is 0.417 e. The third kappa shape index (κ3) is 5.34. The molecule has 1 N–H and O–H groups in total. The van der Waals surface area contributed by atoms with E-state index in [9.17, 15) is 9.59 Å². The summed E-state index contributed by atoms with van der Waals surface area (Å²) in [4.78, 5) is 24.2. The number of esters is 1. The Morgan fingerprint density at radius 2 is 1.68 bits per heavy atom. The zero-order valence-electron chi connectivity index (χ0n) is 15.1. The highest BCUT2D eigenvalue weighted by molar-refractivity contribution is 6.31. The Morgan fingerprint density at radius 3 is 2.39 bits per heavy atom. The first-order chi connectivity index (χ1) is 13.5. The van der Waals surface area contributed by atoms with Gasteiger partial charge >= 0.3 is 12.1 Å². The van der Waals surface area contributed by atoms with Gasteiger partial charge in [0.2, 0.25) is 0 Å². The topological polar surface area (TPSA) is 64.6 Å². The minimum absolute atomic E-state index is 0.194. The Morgan fingerprint density at radius 1 is 0.964 bits per heavy atom. The molecule has 0 saturated carbocycles. The van der Waals surface area contributed by atoms with E-state index >= 15 is 0 Å². The average Bonchev–Trinajstić information content (AvgIpc) is 2.70. The molecule has 0 unspecified atom stereocenters. The van der Waals surface area contributed by atoms with Crippen LogP contribution in [0.4, 0.5) is 10.5 Å². The summed E-state index contributed by atoms with van der Waals surface area (Å²) in [5, 5.41) is 3.15. The highest BCUT2D eigenvalue weighted by atomic mass is 35.5. The number of hydrogen-bond acceptors (Lipinski definition) is 4. The molecule has 6 heteroatoms. The van der Waals surface area contributed by atoms with Crippen LogP contribution in [-0.2, 0) is 11.3 Å². The lowest BCUT2D eigenvalue weighted by Crippen LogP contribution is -2.17. The molecule has 0 bridgehead atoms. The summed E-state index contributed by atoms with van der Waals surface area (Å²) in [7, 11) is 0. The van der Waals surface area contributed by atoms with Gasteiger partial charge in [-0.1, -0.05) is 48.0 Å². The highest BCUT2D eigenvalue weighted by Crippen LogP contribution is 2.21. The number of halogens is 1. The first-order valence-electron chi connectivity index (χ1n) is 8.57. The van der Waals surface area contributed by atoms with E-state index in [2.05, 4.69) is 5.32 Å². The third-order valence-corrected chi connectivity index (χ3v) is 4.18. The molecule has 0 fully saturated rings. The normalized spacial score (nSPS) is 10.2. The van der Waals surface area contributed by atoms with Crippen LogP contribution in [-0.4, -0.2) is 12.1 Å². The molecular weight excluding hydrogens is 378 g/mol. The van der Waals surface area contributed by atoms with Gasteiger partial charge in [0, 0.05) is 10.7 Å². The summed E-state index contributed by atoms with van der Waals surface area (Å²) in [5.74, 6) is -0.147. The van der Waals surface area contributed by atoms with Crippen molar-refractivity contribution in [3.8, 4) is 5.75 Å². The lowest BCUT2D eigenvalue weighted by Gasteiger charge is -2.10. The second kappa shape index (κ2) is 9.06. The zero-order valence-corrected chi connectivity index (χ0v) is 15.9. The number of benzene rings is 3. The Hall–Kier alpha value is -3.31. The lowest BCUT2D eigenvalue weighted by atomic mass is 10.2. The number of carbonyl (C=O) groups excluding carboxylic acids is 2. The molecule has 0 saturated heterocycles. The minimum atomic E-state index is -0.648. The molecule has 142 valence electrons. The Kier molecular flexibility index (Phi) is 6.29. The second-order valence-electron chi connectivity index (χ2n) is 6.06. The van der Waals surface area contributed by atoms with Gasteiger partial charge in [-0.3, -0.25) is 5.32 Å². The van der Waals surface area contributed by atoms with Crippen LogP contribution in [0.15, 0.2) is 72.8 Å². The van der Waals surface area contributed by atoms with Crippen molar-refractivity contribution in [1.82, 2.24) is 0 Å². The van der Waals surface area contributed by atoms with Gasteiger partial charge < -0.3 is 9.47 Å². The van der Waals surface area contributed by atoms with Crippen molar-refractivity contribution in [2.24, 2.45) is 0 Å². The first-order valence-corrected chi connectivity index (χ1v) is 8.95. The van der Waals surface area contributed by atoms with E-state index in [1.165, 1.54) is 12.1 Å². The molecule has 0 aliphatic carbocycles. The lowest BCUT2D eigenvalue weighted by molar-refractivity contribution is 0.0472. The van der Waals surface area contributed by atoms with Crippen LogP contribution >= 0.6 is 11.6 Å². The standard InChI is InChI=1S/C22H18ClNO4/c1-15-7-10-18(23)13-20(15)24-22(26)28-19-11-8-17(9-12-19)21(25)27-14-16-5-3-2-4-6-16/h2-13H,14H2,1H3,(H,24,26). The van der Waals surface area contributed by atoms with Crippen LogP contribution in [0.1, 0.15) is 21.5 Å². The number of rotatable bonds is 5. The number of carbonyl (C=O) groups is 2. The van der Waals surface area contributed by atoms with Crippen LogP contribution in [0.25, 0.3) is 0 Å². The molecule has 3 aromatic rings. The summed E-state index contributed by atoms with van der Waals surface area (Å²) in [5.41, 5.74) is 2.70. The van der Waals surface area contributed by atoms with Crippen molar-refractivity contribution in [2.75, 3.05) is 5.32 Å². The van der Waals surface area contributed by atoms with Gasteiger partial charge in [-0.2, -0.15) is 0 Å². The number of hydrogen-bond donors (Lipinski definition) is 1. The molecule has 0 aliphatic heterocycles. The van der Waals surface area contributed by atoms with Crippen LogP contribution in [0.3, 0.4) is 0 Å². The Balaban J connectivity index is 1.55. The van der Waals surface area contributed by atoms with Gasteiger partial charge in [0.25, 0.3) is 0 Å². The molecule has 0 spiro atoms. The van der Waals surface area contributed by atoms with Gasteiger partial charge in [0.1, 0.15) is 12.4 Å². The molecule has 1 amide bonds. The SMILES string of the molecule is Cc1ccc(Cl)cc1NC(=O)Oc1ccc(C(=O)OCc2ccccc2)cc1. The molecule has 0 aliphatic rings. The van der Waals surface area contributed by atoms with Gasteiger partial charge in [-0.25, -0.2) is 9.59 Å². The number of amides is 1. The quantitative estimate of drug-likeness (QED) is 0.570. The second-order valence-corrected chi connectivity index (χ2v) is 6.50. The largest absolute Gasteiger partial charge is 0.457 e. The van der Waals surface area contributed by atoms with Gasteiger partial charge in [-0.05, 0) is 54.4 Å². The fourth-order valence-electron chi connectivity index (χ4n) is 2.44. The maximum atomic E-state index is 12.1. The van der Waals surface area contributed by atoms with E-state index in [0.717, 1.165) is 11.1 Å². The van der Waals surface area contributed by atoms with E-state index < -0.39 is 12.1 Å². The average molecular weight is 396 g/mol. The zero-order chi connectivity index (χ0) is 19.9. The van der Waals surface area contributed by atoms with Gasteiger partial charge in [0.05, 0.1) is 5.56 Å². The molecule has 0 radical (unpaired) electrons. The van der Waals surface area contributed by atoms with E-state index in [-0.39, 0.29) is 6.61 Å². The van der Waals surface area contributed by atoms with Crippen molar-refractivity contribution in [2.45, 2.75) is 13.5 Å². The van der Waals surface area contributed by atoms with Crippen LogP contribution in [0, 0.1) is 6.92 Å². The summed E-state index contributed by atoms with van der Waals surface area (Å²) < 4.78 is 10.5. The monoisotopic (exact) mass is 395 g/mol. The molecule has 3 rings (SSSR count). The van der Waals surface area contributed by atoms with E-state index in [1.54, 1.807) is 30.3 Å². The summed E-state index contributed by atoms with van der Waals surface area (Å²) in [6.45, 7) is 2.04. The number of nitrogens with one attached hydrogen (secondary N) is 1. The van der Waals surface area contributed by atoms with Crippen molar-refractivity contribution < 1.29 is 19.1 Å². The molecular formula is C22H18ClNO4. The summed E-state index contributed by atoms with van der Waals surface area (Å²) in [6.07, 6.45) is -0.648. The van der Waals surface area contributed by atoms with Gasteiger partial charge in [0.15, 0.2) is 0 Å². The van der Waals surface area contributed by atoms with Crippen molar-refractivity contribution in [1.29, 1.82) is 0 Å². The summed E-state index contributed by atoms with van der Waals surface area (Å²) in [6, 6.07) is 20.7. The Bertz CT molecular complexity index is 972. The molecule has 0 aromatic heterocycles. The molecule has 3 aromatic carbocycles. The maximum absolute atomic E-state index is 12.1. The number of anilines is 1. The predicted molar refractivity (Wildman–Crippen MR) is 108 cm³/mol. The highest BCUT2D eigenvalue weighted by Gasteiger charge is 2.10. The summed E-state index contributed by atoms with van der Waals surface area (Å²) >= 11 is 5.94. The molecule has 28 heavy (non-hydrogen) atoms. The van der Waals surface area contributed by atoms with E-state index in [1.807, 2.05) is 37.3 Å². The van der Waals surface area contributed by atoms with E-state index in [4.69, 9.17) is 21.1 Å². The van der Waals surface area contributed by atoms with Gasteiger partial charge in [-0.15, -0.1) is 0 Å². The van der Waals surface area contributed by atoms with Crippen LogP contribution < -0.4 is 10.1 Å². The molecule has 5 nitrogen and oxygen atoms in total. The maximum Gasteiger partial charge on any atom is 0.417 e. The van der Waals surface area contributed by atoms with E-state index in [0.29, 0.717) is 22.0 Å². The number of aryl methyl sites for hydroxylation is 1. The van der Waals surface area contributed by atoms with Crippen LogP contribution in [0.5, 0.6) is 5.75 Å². The Labute approximate surface area is 167 Å². The minimum Gasteiger partial charge on any atom is -0.457 e. The third-order valence-electron chi connectivity index (χ3n) is 3.95. The number of ether oxygens (including phenoxy) is 2. The predicted octanol–water partition coefficient (Wildman–Crippen LogP) is 5.62. The molecule has 0 atom stereocenters. The van der Waals surface area contributed by atoms with Crippen molar-refractivity contribution in [3.63, 3.8) is 0 Å². The first kappa shape index (κ1) is 19.5. The fourth-order valence-corrected chi connectivity index (χ4v) is 2.61.